The Morgan fingerprint density at radius 3 is 2.83 bits per heavy atom. The topological polar surface area (TPSA) is 72.7 Å². The molecule has 0 atom stereocenters. The number of nitrogens with zero attached hydrogens (tertiary/aromatic N) is 4. The normalized spacial score (nSPS) is 10.5. The van der Waals surface area contributed by atoms with E-state index in [-0.39, 0.29) is 5.91 Å². The highest BCUT2D eigenvalue weighted by Gasteiger charge is 2.10. The molecule has 0 fully saturated rings. The number of benzene rings is 1. The Hall–Kier alpha value is -3.02. The van der Waals surface area contributed by atoms with Crippen LogP contribution in [0, 0.1) is 6.92 Å². The molecule has 0 radical (unpaired) electrons. The van der Waals surface area contributed by atoms with E-state index in [1.165, 1.54) is 0 Å². The van der Waals surface area contributed by atoms with Crippen LogP contribution in [0.1, 0.15) is 23.1 Å². The molecule has 6 nitrogen and oxygen atoms in total. The van der Waals surface area contributed by atoms with Gasteiger partial charge in [0.05, 0.1) is 0 Å². The molecule has 23 heavy (non-hydrogen) atoms. The maximum Gasteiger partial charge on any atom is 0.274 e. The van der Waals surface area contributed by atoms with Crippen molar-refractivity contribution in [2.75, 3.05) is 5.32 Å². The van der Waals surface area contributed by atoms with Gasteiger partial charge < -0.3 is 9.88 Å². The van der Waals surface area contributed by atoms with Gasteiger partial charge in [-0.25, -0.2) is 4.98 Å². The number of rotatable bonds is 4. The van der Waals surface area contributed by atoms with E-state index in [0.29, 0.717) is 11.4 Å². The maximum atomic E-state index is 12.3. The van der Waals surface area contributed by atoms with Gasteiger partial charge in [0, 0.05) is 23.5 Å². The van der Waals surface area contributed by atoms with E-state index >= 15 is 0 Å². The van der Waals surface area contributed by atoms with Crippen molar-refractivity contribution in [2.45, 2.75) is 20.4 Å². The largest absolute Gasteiger partial charge is 0.321 e. The van der Waals surface area contributed by atoms with Gasteiger partial charge in [0.1, 0.15) is 12.0 Å². The number of carbonyl (C=O) groups excluding carboxylic acids is 1. The summed E-state index contributed by atoms with van der Waals surface area (Å²) in [5.41, 5.74) is 2.80. The fourth-order valence-corrected chi connectivity index (χ4v) is 2.31. The molecule has 0 aliphatic carbocycles. The third-order valence-corrected chi connectivity index (χ3v) is 3.46. The third kappa shape index (κ3) is 3.26. The predicted octanol–water partition coefficient (Wildman–Crippen LogP) is 2.92. The lowest BCUT2D eigenvalue weighted by atomic mass is 10.2. The Morgan fingerprint density at radius 1 is 1.22 bits per heavy atom. The van der Waals surface area contributed by atoms with Crippen molar-refractivity contribution in [3.63, 3.8) is 0 Å². The van der Waals surface area contributed by atoms with Crippen molar-refractivity contribution in [3.05, 3.63) is 60.2 Å². The molecule has 0 spiro atoms. The molecule has 0 aliphatic rings. The van der Waals surface area contributed by atoms with Crippen LogP contribution in [0.4, 0.5) is 5.69 Å². The molecule has 1 aromatic carbocycles. The van der Waals surface area contributed by atoms with Crippen LogP contribution in [0.2, 0.25) is 0 Å². The van der Waals surface area contributed by atoms with Crippen LogP contribution in [0.25, 0.3) is 11.4 Å². The molecule has 0 bridgehead atoms. The van der Waals surface area contributed by atoms with Gasteiger partial charge >= 0.3 is 0 Å². The highest BCUT2D eigenvalue weighted by atomic mass is 16.1. The maximum absolute atomic E-state index is 12.3. The molecule has 1 N–H and O–H groups in total. The van der Waals surface area contributed by atoms with Gasteiger partial charge in [-0.1, -0.05) is 18.2 Å². The Balaban J connectivity index is 1.84. The fraction of sp³-hybridized carbons (Fsp3) is 0.176. The number of nitrogens with one attached hydrogen (secondary N) is 1. The lowest BCUT2D eigenvalue weighted by Gasteiger charge is -2.08. The summed E-state index contributed by atoms with van der Waals surface area (Å²) in [6, 6.07) is 12.9. The molecule has 3 rings (SSSR count). The molecular formula is C17H17N5O. The molecule has 0 saturated carbocycles. The van der Waals surface area contributed by atoms with Crippen LogP contribution in [0.3, 0.4) is 0 Å². The number of hydrogen-bond donors (Lipinski definition) is 1. The molecule has 2 heterocycles. The lowest BCUT2D eigenvalue weighted by Crippen LogP contribution is -2.14. The summed E-state index contributed by atoms with van der Waals surface area (Å²) >= 11 is 0. The summed E-state index contributed by atoms with van der Waals surface area (Å²) in [5, 5.41) is 10.9. The van der Waals surface area contributed by atoms with Crippen LogP contribution < -0.4 is 5.32 Å². The van der Waals surface area contributed by atoms with E-state index in [4.69, 9.17) is 0 Å². The van der Waals surface area contributed by atoms with Gasteiger partial charge in [-0.3, -0.25) is 4.79 Å². The summed E-state index contributed by atoms with van der Waals surface area (Å²) in [4.78, 5) is 16.5. The molecule has 1 amide bonds. The smallest absolute Gasteiger partial charge is 0.274 e. The Bertz CT molecular complexity index is 840. The zero-order valence-electron chi connectivity index (χ0n) is 13.0. The summed E-state index contributed by atoms with van der Waals surface area (Å²) < 4.78 is 1.95. The number of hydrogen-bond acceptors (Lipinski definition) is 4. The van der Waals surface area contributed by atoms with Gasteiger partial charge in [0.15, 0.2) is 5.82 Å². The van der Waals surface area contributed by atoms with E-state index in [1.54, 1.807) is 12.4 Å². The van der Waals surface area contributed by atoms with E-state index in [1.807, 2.05) is 54.8 Å². The number of carbonyl (C=O) groups is 1. The van der Waals surface area contributed by atoms with E-state index in [0.717, 1.165) is 23.6 Å². The third-order valence-electron chi connectivity index (χ3n) is 3.46. The molecule has 2 aromatic heterocycles. The first kappa shape index (κ1) is 14.9. The molecule has 0 unspecified atom stereocenters. The predicted molar refractivity (Wildman–Crippen MR) is 88.1 cm³/mol. The molecule has 6 heteroatoms. The monoisotopic (exact) mass is 307 g/mol. The average Bonchev–Trinajstić information content (AvgIpc) is 3.04. The van der Waals surface area contributed by atoms with E-state index < -0.39 is 0 Å². The van der Waals surface area contributed by atoms with Crippen molar-refractivity contribution in [3.8, 4) is 11.4 Å². The molecule has 0 saturated heterocycles. The summed E-state index contributed by atoms with van der Waals surface area (Å²) in [6.07, 6.45) is 1.69. The van der Waals surface area contributed by atoms with Crippen molar-refractivity contribution in [2.24, 2.45) is 0 Å². The Morgan fingerprint density at radius 2 is 2.04 bits per heavy atom. The molecule has 3 aromatic rings. The standard InChI is InChI=1S/C17H17N5O/c1-3-22-11-18-21-16(22)13-7-5-8-14(10-13)20-17(23)15-9-4-6-12(2)19-15/h4-11H,3H2,1-2H3,(H,20,23). The van der Waals surface area contributed by atoms with Crippen molar-refractivity contribution in [1.82, 2.24) is 19.7 Å². The van der Waals surface area contributed by atoms with Gasteiger partial charge in [0.25, 0.3) is 5.91 Å². The number of aromatic nitrogens is 4. The van der Waals surface area contributed by atoms with Gasteiger partial charge in [0.2, 0.25) is 0 Å². The Kier molecular flexibility index (Phi) is 4.14. The van der Waals surface area contributed by atoms with Crippen LogP contribution >= 0.6 is 0 Å². The summed E-state index contributed by atoms with van der Waals surface area (Å²) in [6.45, 7) is 4.67. The van der Waals surface area contributed by atoms with Gasteiger partial charge in [-0.15, -0.1) is 10.2 Å². The summed E-state index contributed by atoms with van der Waals surface area (Å²) in [5.74, 6) is 0.542. The van der Waals surface area contributed by atoms with Crippen LogP contribution in [-0.2, 0) is 6.54 Å². The molecular weight excluding hydrogens is 290 g/mol. The highest BCUT2D eigenvalue weighted by molar-refractivity contribution is 6.03. The first-order chi connectivity index (χ1) is 11.2. The van der Waals surface area contributed by atoms with E-state index in [9.17, 15) is 4.79 Å². The number of aryl methyl sites for hydroxylation is 2. The number of anilines is 1. The first-order valence-corrected chi connectivity index (χ1v) is 7.40. The SMILES string of the molecule is CCn1cnnc1-c1cccc(NC(=O)c2cccc(C)n2)c1. The van der Waals surface area contributed by atoms with Crippen molar-refractivity contribution >= 4 is 11.6 Å². The first-order valence-electron chi connectivity index (χ1n) is 7.40. The van der Waals surface area contributed by atoms with Crippen LogP contribution in [0.5, 0.6) is 0 Å². The fourth-order valence-electron chi connectivity index (χ4n) is 2.31. The number of pyridine rings is 1. The second-order valence-corrected chi connectivity index (χ2v) is 5.14. The molecule has 116 valence electrons. The minimum atomic E-state index is -0.234. The van der Waals surface area contributed by atoms with E-state index in [2.05, 4.69) is 20.5 Å². The van der Waals surface area contributed by atoms with Crippen LogP contribution in [-0.4, -0.2) is 25.7 Å². The quantitative estimate of drug-likeness (QED) is 0.804. The minimum absolute atomic E-state index is 0.234. The Labute approximate surface area is 134 Å². The average molecular weight is 307 g/mol. The van der Waals surface area contributed by atoms with Crippen LogP contribution in [0.15, 0.2) is 48.8 Å². The highest BCUT2D eigenvalue weighted by Crippen LogP contribution is 2.21. The summed E-state index contributed by atoms with van der Waals surface area (Å²) in [7, 11) is 0. The number of amides is 1. The zero-order valence-corrected chi connectivity index (χ0v) is 13.0. The zero-order chi connectivity index (χ0) is 16.2. The van der Waals surface area contributed by atoms with Crippen molar-refractivity contribution in [1.29, 1.82) is 0 Å². The van der Waals surface area contributed by atoms with Gasteiger partial charge in [-0.2, -0.15) is 0 Å². The second-order valence-electron chi connectivity index (χ2n) is 5.14. The second kappa shape index (κ2) is 6.39. The lowest BCUT2D eigenvalue weighted by molar-refractivity contribution is 0.102. The van der Waals surface area contributed by atoms with Gasteiger partial charge in [-0.05, 0) is 38.1 Å². The molecule has 0 aliphatic heterocycles. The minimum Gasteiger partial charge on any atom is -0.321 e. The van der Waals surface area contributed by atoms with Crippen molar-refractivity contribution < 1.29 is 4.79 Å².